The molecule has 0 aliphatic heterocycles. The number of carbonyl (C=O) groups excluding carboxylic acids is 1. The Balaban J connectivity index is 2.65. The van der Waals surface area contributed by atoms with E-state index in [4.69, 9.17) is 0 Å². The van der Waals surface area contributed by atoms with E-state index in [1.54, 1.807) is 0 Å². The normalized spacial score (nSPS) is 9.75. The molecular weight excluding hydrogens is 148 g/mol. The van der Waals surface area contributed by atoms with Gasteiger partial charge >= 0.3 is 0 Å². The molecule has 0 saturated carbocycles. The van der Waals surface area contributed by atoms with Crippen LogP contribution in [0.1, 0.15) is 24.5 Å². The Hall–Kier alpha value is -1.11. The molecule has 0 bridgehead atoms. The van der Waals surface area contributed by atoms with Crippen LogP contribution in [0.4, 0.5) is 0 Å². The highest BCUT2D eigenvalue weighted by Gasteiger charge is 1.93. The molecule has 1 aromatic rings. The highest BCUT2D eigenvalue weighted by atomic mass is 16.1. The number of rotatable bonds is 4. The zero-order valence-electron chi connectivity index (χ0n) is 7.34. The van der Waals surface area contributed by atoms with Crippen molar-refractivity contribution in [3.63, 3.8) is 0 Å². The topological polar surface area (TPSA) is 17.1 Å². The van der Waals surface area contributed by atoms with Gasteiger partial charge in [0.1, 0.15) is 0 Å². The fourth-order valence-electron chi connectivity index (χ4n) is 1.20. The Labute approximate surface area is 73.4 Å². The van der Waals surface area contributed by atoms with Gasteiger partial charge in [-0.3, -0.25) is 4.79 Å². The van der Waals surface area contributed by atoms with E-state index in [0.29, 0.717) is 6.42 Å². The first-order valence-corrected chi connectivity index (χ1v) is 4.29. The van der Waals surface area contributed by atoms with Crippen LogP contribution >= 0.6 is 0 Å². The van der Waals surface area contributed by atoms with E-state index in [0.717, 1.165) is 12.8 Å². The molecule has 0 aromatic heterocycles. The highest BCUT2D eigenvalue weighted by Crippen LogP contribution is 2.07. The molecule has 0 amide bonds. The summed E-state index contributed by atoms with van der Waals surface area (Å²) in [5.74, 6) is 0. The molecule has 12 heavy (non-hydrogen) atoms. The van der Waals surface area contributed by atoms with Crippen LogP contribution in [-0.2, 0) is 17.6 Å². The van der Waals surface area contributed by atoms with E-state index in [9.17, 15) is 4.79 Å². The smallest absolute Gasteiger partial charge is 0.198 e. The predicted molar refractivity (Wildman–Crippen MR) is 49.8 cm³/mol. The van der Waals surface area contributed by atoms with Crippen molar-refractivity contribution in [1.82, 2.24) is 0 Å². The minimum atomic E-state index is 0.507. The maximum absolute atomic E-state index is 10.0. The van der Waals surface area contributed by atoms with Crippen molar-refractivity contribution in [3.8, 4) is 0 Å². The molecule has 0 fully saturated rings. The molecule has 1 nitrogen and oxygen atoms in total. The summed E-state index contributed by atoms with van der Waals surface area (Å²) in [5, 5.41) is 0. The van der Waals surface area contributed by atoms with Crippen LogP contribution in [0.25, 0.3) is 0 Å². The van der Waals surface area contributed by atoms with Gasteiger partial charge in [0.05, 0.1) is 0 Å². The average Bonchev–Trinajstić information content (AvgIpc) is 2.15. The lowest BCUT2D eigenvalue weighted by Gasteiger charge is -2.00. The first-order chi connectivity index (χ1) is 5.86. The largest absolute Gasteiger partial charge is 0.291 e. The lowest BCUT2D eigenvalue weighted by molar-refractivity contribution is 0.551. The van der Waals surface area contributed by atoms with Gasteiger partial charge in [-0.15, -0.1) is 0 Å². The Bertz CT molecular complexity index is 253. The molecule has 0 aliphatic carbocycles. The molecule has 0 atom stereocenters. The minimum absolute atomic E-state index is 0.507. The van der Waals surface area contributed by atoms with Gasteiger partial charge in [-0.1, -0.05) is 31.2 Å². The molecule has 0 N–H and O–H groups in total. The predicted octanol–water partition coefficient (Wildman–Crippen LogP) is 2.29. The quantitative estimate of drug-likeness (QED) is 0.662. The Morgan fingerprint density at radius 2 is 2.08 bits per heavy atom. The van der Waals surface area contributed by atoms with Crippen molar-refractivity contribution in [1.29, 1.82) is 0 Å². The van der Waals surface area contributed by atoms with Crippen molar-refractivity contribution in [2.75, 3.05) is 0 Å². The Kier molecular flexibility index (Phi) is 3.52. The maximum atomic E-state index is 10.0. The second-order valence-electron chi connectivity index (χ2n) is 2.82. The molecular formula is C11H13O. The van der Waals surface area contributed by atoms with E-state index in [1.165, 1.54) is 11.1 Å². The zero-order chi connectivity index (χ0) is 8.81. The molecule has 63 valence electrons. The van der Waals surface area contributed by atoms with Gasteiger partial charge in [-0.2, -0.15) is 0 Å². The summed E-state index contributed by atoms with van der Waals surface area (Å²) in [6, 6.07) is 8.35. The minimum Gasteiger partial charge on any atom is -0.291 e. The van der Waals surface area contributed by atoms with Crippen molar-refractivity contribution < 1.29 is 4.79 Å². The lowest BCUT2D eigenvalue weighted by atomic mass is 10.1. The monoisotopic (exact) mass is 161 g/mol. The third-order valence-corrected chi connectivity index (χ3v) is 1.92. The third kappa shape index (κ3) is 2.50. The summed E-state index contributed by atoms with van der Waals surface area (Å²) in [5.41, 5.74) is 2.57. The molecule has 1 rings (SSSR count). The van der Waals surface area contributed by atoms with Gasteiger partial charge in [-0.05, 0) is 24.0 Å². The lowest BCUT2D eigenvalue weighted by Crippen LogP contribution is -1.88. The second-order valence-corrected chi connectivity index (χ2v) is 2.82. The van der Waals surface area contributed by atoms with Crippen LogP contribution in [0.2, 0.25) is 0 Å². The van der Waals surface area contributed by atoms with Crippen LogP contribution in [0.5, 0.6) is 0 Å². The third-order valence-electron chi connectivity index (χ3n) is 1.92. The van der Waals surface area contributed by atoms with Crippen LogP contribution in [0.15, 0.2) is 24.3 Å². The molecule has 0 saturated heterocycles. The first kappa shape index (κ1) is 8.98. The molecule has 0 spiro atoms. The number of aryl methyl sites for hydroxylation is 2. The fourth-order valence-corrected chi connectivity index (χ4v) is 1.20. The average molecular weight is 161 g/mol. The van der Waals surface area contributed by atoms with Crippen LogP contribution in [0.3, 0.4) is 0 Å². The van der Waals surface area contributed by atoms with Gasteiger partial charge < -0.3 is 0 Å². The van der Waals surface area contributed by atoms with Crippen molar-refractivity contribution in [2.45, 2.75) is 26.2 Å². The molecule has 1 heteroatoms. The van der Waals surface area contributed by atoms with Crippen LogP contribution in [-0.4, -0.2) is 6.29 Å². The van der Waals surface area contributed by atoms with E-state index < -0.39 is 0 Å². The van der Waals surface area contributed by atoms with Gasteiger partial charge in [0.25, 0.3) is 0 Å². The van der Waals surface area contributed by atoms with Gasteiger partial charge in [0.2, 0.25) is 0 Å². The standard InChI is InChI=1S/C11H13O/c1-2-10-5-3-6-11(9-10)7-4-8-12/h3,5-6,9H,2,4,7H2,1H3. The summed E-state index contributed by atoms with van der Waals surface area (Å²) >= 11 is 0. The number of hydrogen-bond donors (Lipinski definition) is 0. The molecule has 1 radical (unpaired) electrons. The molecule has 0 aliphatic rings. The van der Waals surface area contributed by atoms with E-state index in [1.807, 2.05) is 12.4 Å². The van der Waals surface area contributed by atoms with Gasteiger partial charge in [0, 0.05) is 6.42 Å². The van der Waals surface area contributed by atoms with Crippen molar-refractivity contribution >= 4 is 6.29 Å². The summed E-state index contributed by atoms with van der Waals surface area (Å²) in [4.78, 5) is 10.0. The summed E-state index contributed by atoms with van der Waals surface area (Å²) in [6.07, 6.45) is 4.28. The van der Waals surface area contributed by atoms with Crippen LogP contribution in [0, 0.1) is 0 Å². The molecule has 0 unspecified atom stereocenters. The van der Waals surface area contributed by atoms with Crippen LogP contribution < -0.4 is 0 Å². The number of benzene rings is 1. The van der Waals surface area contributed by atoms with E-state index >= 15 is 0 Å². The highest BCUT2D eigenvalue weighted by molar-refractivity contribution is 5.51. The summed E-state index contributed by atoms with van der Waals surface area (Å²) in [6.45, 7) is 2.13. The second kappa shape index (κ2) is 4.70. The summed E-state index contributed by atoms with van der Waals surface area (Å²) < 4.78 is 0. The number of hydrogen-bond acceptors (Lipinski definition) is 1. The fraction of sp³-hybridized carbons (Fsp3) is 0.364. The zero-order valence-corrected chi connectivity index (χ0v) is 7.34. The Morgan fingerprint density at radius 3 is 2.75 bits per heavy atom. The van der Waals surface area contributed by atoms with Crippen molar-refractivity contribution in [2.24, 2.45) is 0 Å². The first-order valence-electron chi connectivity index (χ1n) is 4.29. The molecule has 0 heterocycles. The van der Waals surface area contributed by atoms with E-state index in [-0.39, 0.29) is 0 Å². The van der Waals surface area contributed by atoms with Crippen molar-refractivity contribution in [3.05, 3.63) is 35.4 Å². The maximum Gasteiger partial charge on any atom is 0.198 e. The van der Waals surface area contributed by atoms with E-state index in [2.05, 4.69) is 25.1 Å². The van der Waals surface area contributed by atoms with Gasteiger partial charge in [-0.25, -0.2) is 0 Å². The van der Waals surface area contributed by atoms with Gasteiger partial charge in [0.15, 0.2) is 6.29 Å². The molecule has 1 aromatic carbocycles. The Morgan fingerprint density at radius 1 is 1.33 bits per heavy atom. The SMILES string of the molecule is CCc1cccc(CC[C]=O)c1. The summed E-state index contributed by atoms with van der Waals surface area (Å²) in [7, 11) is 0.